The Morgan fingerprint density at radius 1 is 1.40 bits per heavy atom. The molecule has 1 saturated carbocycles. The highest BCUT2D eigenvalue weighted by Crippen LogP contribution is 2.26. The van der Waals surface area contributed by atoms with E-state index in [1.54, 1.807) is 6.20 Å². The van der Waals surface area contributed by atoms with Crippen LogP contribution in [-0.2, 0) is 11.3 Å². The molecule has 20 heavy (non-hydrogen) atoms. The third-order valence-corrected chi connectivity index (χ3v) is 3.60. The first-order valence-electron chi connectivity index (χ1n) is 6.67. The van der Waals surface area contributed by atoms with E-state index in [4.69, 9.17) is 5.73 Å². The molecule has 5 nitrogen and oxygen atoms in total. The quantitative estimate of drug-likeness (QED) is 0.889. The Morgan fingerprint density at radius 2 is 2.05 bits per heavy atom. The van der Waals surface area contributed by atoms with Crippen molar-refractivity contribution in [3.8, 4) is 0 Å². The molecule has 0 radical (unpaired) electrons. The van der Waals surface area contributed by atoms with Crippen LogP contribution in [0.5, 0.6) is 0 Å². The Balaban J connectivity index is 0.00000180. The number of hydrogen-bond donors (Lipinski definition) is 2. The number of amides is 1. The number of nitrogens with zero attached hydrogens (tertiary/aromatic N) is 2. The number of carbonyl (C=O) groups excluding carboxylic acids is 1. The summed E-state index contributed by atoms with van der Waals surface area (Å²) in [5, 5.41) is 7.13. The fourth-order valence-electron chi connectivity index (χ4n) is 2.51. The largest absolute Gasteiger partial charge is 0.350 e. The summed E-state index contributed by atoms with van der Waals surface area (Å²) in [6, 6.07) is 1.92. The molecule has 1 heterocycles. The second kappa shape index (κ2) is 8.49. The molecule has 1 aliphatic rings. The number of nitrogens with two attached hydrogens (primary N) is 1. The summed E-state index contributed by atoms with van der Waals surface area (Å²) in [5.74, 6) is -0.0122. The highest BCUT2D eigenvalue weighted by Gasteiger charge is 2.35. The minimum Gasteiger partial charge on any atom is -0.350 e. The molecule has 1 unspecified atom stereocenters. The van der Waals surface area contributed by atoms with Gasteiger partial charge in [-0.2, -0.15) is 5.10 Å². The van der Waals surface area contributed by atoms with E-state index in [2.05, 4.69) is 10.4 Å². The smallest absolute Gasteiger partial charge is 0.240 e. The topological polar surface area (TPSA) is 72.9 Å². The first kappa shape index (κ1) is 19.2. The summed E-state index contributed by atoms with van der Waals surface area (Å²) >= 11 is 0. The Labute approximate surface area is 132 Å². The number of aromatic nitrogens is 2. The van der Waals surface area contributed by atoms with Gasteiger partial charge in [0.15, 0.2) is 0 Å². The van der Waals surface area contributed by atoms with Crippen molar-refractivity contribution in [3.05, 3.63) is 18.5 Å². The Morgan fingerprint density at radius 3 is 2.60 bits per heavy atom. The molecule has 7 heteroatoms. The molecule has 0 saturated heterocycles. The van der Waals surface area contributed by atoms with E-state index in [1.165, 1.54) is 6.42 Å². The van der Waals surface area contributed by atoms with E-state index in [1.807, 2.05) is 23.9 Å². The van der Waals surface area contributed by atoms with Crippen LogP contribution in [0.2, 0.25) is 0 Å². The van der Waals surface area contributed by atoms with Gasteiger partial charge in [-0.15, -0.1) is 24.8 Å². The molecule has 1 atom stereocenters. The van der Waals surface area contributed by atoms with Gasteiger partial charge in [-0.1, -0.05) is 19.3 Å². The third-order valence-electron chi connectivity index (χ3n) is 3.60. The van der Waals surface area contributed by atoms with E-state index in [0.29, 0.717) is 6.54 Å². The van der Waals surface area contributed by atoms with Gasteiger partial charge in [0.2, 0.25) is 5.91 Å². The maximum atomic E-state index is 12.2. The van der Waals surface area contributed by atoms with E-state index in [9.17, 15) is 4.79 Å². The van der Waals surface area contributed by atoms with Gasteiger partial charge in [0, 0.05) is 18.4 Å². The molecule has 3 N–H and O–H groups in total. The van der Waals surface area contributed by atoms with Crippen LogP contribution >= 0.6 is 24.8 Å². The Bertz CT molecular complexity index is 391. The van der Waals surface area contributed by atoms with Crippen LogP contribution in [0.15, 0.2) is 18.5 Å². The predicted molar refractivity (Wildman–Crippen MR) is 84.3 cm³/mol. The molecule has 1 amide bonds. The molecule has 1 fully saturated rings. The zero-order valence-corrected chi connectivity index (χ0v) is 13.4. The summed E-state index contributed by atoms with van der Waals surface area (Å²) in [4.78, 5) is 12.2. The molecule has 1 aromatic rings. The van der Waals surface area contributed by atoms with Crippen molar-refractivity contribution >= 4 is 30.7 Å². The molecule has 0 aromatic carbocycles. The van der Waals surface area contributed by atoms with Gasteiger partial charge in [-0.05, 0) is 25.8 Å². The van der Waals surface area contributed by atoms with Crippen LogP contribution < -0.4 is 11.1 Å². The number of carbonyl (C=O) groups is 1. The average molecular weight is 323 g/mol. The van der Waals surface area contributed by atoms with Crippen LogP contribution in [0.4, 0.5) is 0 Å². The fourth-order valence-corrected chi connectivity index (χ4v) is 2.51. The highest BCUT2D eigenvalue weighted by atomic mass is 35.5. The lowest BCUT2D eigenvalue weighted by molar-refractivity contribution is -0.128. The van der Waals surface area contributed by atoms with E-state index < -0.39 is 5.54 Å². The first-order chi connectivity index (χ1) is 8.60. The fraction of sp³-hybridized carbons (Fsp3) is 0.692. The molecule has 1 aromatic heterocycles. The van der Waals surface area contributed by atoms with E-state index in [-0.39, 0.29) is 36.8 Å². The second-order valence-corrected chi connectivity index (χ2v) is 5.32. The van der Waals surface area contributed by atoms with Gasteiger partial charge in [0.05, 0.1) is 12.1 Å². The number of hydrogen-bond acceptors (Lipinski definition) is 3. The molecule has 0 spiro atoms. The normalized spacial score (nSPS) is 18.3. The van der Waals surface area contributed by atoms with Gasteiger partial charge in [-0.25, -0.2) is 0 Å². The predicted octanol–water partition coefficient (Wildman–Crippen LogP) is 1.89. The zero-order chi connectivity index (χ0) is 13.0. The maximum absolute atomic E-state index is 12.2. The molecule has 2 rings (SSSR count). The summed E-state index contributed by atoms with van der Waals surface area (Å²) in [7, 11) is 0. The summed E-state index contributed by atoms with van der Waals surface area (Å²) in [5.41, 5.74) is 5.53. The zero-order valence-electron chi connectivity index (χ0n) is 11.7. The molecule has 0 bridgehead atoms. The molecular formula is C13H24Cl2N4O. The van der Waals surface area contributed by atoms with E-state index >= 15 is 0 Å². The molecule has 0 aliphatic heterocycles. The van der Waals surface area contributed by atoms with Gasteiger partial charge >= 0.3 is 0 Å². The standard InChI is InChI=1S/C13H22N4O.2ClH/c1-11(10-17-9-5-8-15-17)16-12(18)13(14)6-3-2-4-7-13;;/h5,8-9,11H,2-4,6-7,10,14H2,1H3,(H,16,18);2*1H. The first-order valence-corrected chi connectivity index (χ1v) is 6.67. The van der Waals surface area contributed by atoms with Crippen LogP contribution in [0, 0.1) is 0 Å². The Kier molecular flexibility index (Phi) is 8.16. The van der Waals surface area contributed by atoms with Gasteiger partial charge in [0.25, 0.3) is 0 Å². The van der Waals surface area contributed by atoms with Crippen LogP contribution in [0.3, 0.4) is 0 Å². The second-order valence-electron chi connectivity index (χ2n) is 5.32. The van der Waals surface area contributed by atoms with Crippen molar-refractivity contribution in [3.63, 3.8) is 0 Å². The number of nitrogens with one attached hydrogen (secondary N) is 1. The van der Waals surface area contributed by atoms with Gasteiger partial charge < -0.3 is 11.1 Å². The molecular weight excluding hydrogens is 299 g/mol. The van der Waals surface area contributed by atoms with Crippen LogP contribution in [-0.4, -0.2) is 27.3 Å². The lowest BCUT2D eigenvalue weighted by atomic mass is 9.82. The summed E-state index contributed by atoms with van der Waals surface area (Å²) < 4.78 is 1.81. The molecule has 1 aliphatic carbocycles. The van der Waals surface area contributed by atoms with Crippen molar-refractivity contribution in [2.75, 3.05) is 0 Å². The van der Waals surface area contributed by atoms with Crippen LogP contribution in [0.1, 0.15) is 39.0 Å². The summed E-state index contributed by atoms with van der Waals surface area (Å²) in [6.45, 7) is 2.65. The van der Waals surface area contributed by atoms with Crippen molar-refractivity contribution in [1.29, 1.82) is 0 Å². The van der Waals surface area contributed by atoms with Gasteiger partial charge in [-0.3, -0.25) is 9.48 Å². The van der Waals surface area contributed by atoms with Crippen molar-refractivity contribution in [2.24, 2.45) is 5.73 Å². The average Bonchev–Trinajstić information content (AvgIpc) is 2.82. The maximum Gasteiger partial charge on any atom is 0.240 e. The van der Waals surface area contributed by atoms with Crippen molar-refractivity contribution < 1.29 is 4.79 Å². The number of rotatable bonds is 4. The van der Waals surface area contributed by atoms with Crippen LogP contribution in [0.25, 0.3) is 0 Å². The van der Waals surface area contributed by atoms with Gasteiger partial charge in [0.1, 0.15) is 0 Å². The SMILES string of the molecule is CC(Cn1cccn1)NC(=O)C1(N)CCCCC1.Cl.Cl. The Hall–Kier alpha value is -0.780. The third kappa shape index (κ3) is 4.96. The minimum absolute atomic E-state index is 0. The lowest BCUT2D eigenvalue weighted by Gasteiger charge is -2.33. The lowest BCUT2D eigenvalue weighted by Crippen LogP contribution is -2.57. The van der Waals surface area contributed by atoms with Crippen molar-refractivity contribution in [1.82, 2.24) is 15.1 Å². The van der Waals surface area contributed by atoms with E-state index in [0.717, 1.165) is 25.7 Å². The highest BCUT2D eigenvalue weighted by molar-refractivity contribution is 5.86. The number of halogens is 2. The minimum atomic E-state index is -0.656. The summed E-state index contributed by atoms with van der Waals surface area (Å²) in [6.07, 6.45) is 8.52. The monoisotopic (exact) mass is 322 g/mol. The molecule has 116 valence electrons. The van der Waals surface area contributed by atoms with Crippen molar-refractivity contribution in [2.45, 2.75) is 57.2 Å².